The summed E-state index contributed by atoms with van der Waals surface area (Å²) in [6.45, 7) is 2.14. The number of nitrogens with one attached hydrogen (secondary N) is 1. The summed E-state index contributed by atoms with van der Waals surface area (Å²) in [7, 11) is 0. The fourth-order valence-electron chi connectivity index (χ4n) is 3.81. The minimum atomic E-state index is 0.149. The number of rotatable bonds is 1. The second kappa shape index (κ2) is 5.33. The summed E-state index contributed by atoms with van der Waals surface area (Å²) in [6.07, 6.45) is 5.67. The molecule has 112 valence electrons. The van der Waals surface area contributed by atoms with Gasteiger partial charge < -0.3 is 5.32 Å². The Balaban J connectivity index is 1.85. The molecule has 1 heterocycles. The maximum atomic E-state index is 6.46. The lowest BCUT2D eigenvalue weighted by Gasteiger charge is -2.38. The number of allylic oxidation sites excluding steroid dienone is 2. The van der Waals surface area contributed by atoms with Gasteiger partial charge in [-0.2, -0.15) is 0 Å². The standard InChI is InChI=1S/C19H17Cl2N/c1-11-8-9-17-14(10-11)12-4-2-5-13(12)19(22-17)18-15(20)6-3-7-16(18)21/h2-4,6-10,12-13,19,22H,5H2,1H3/t12-,13+,19-/m1/s1. The van der Waals surface area contributed by atoms with Crippen LogP contribution in [0.5, 0.6) is 0 Å². The van der Waals surface area contributed by atoms with E-state index in [0.29, 0.717) is 11.8 Å². The highest BCUT2D eigenvalue weighted by molar-refractivity contribution is 6.36. The number of hydrogen-bond donors (Lipinski definition) is 1. The molecule has 2 aromatic carbocycles. The Kier molecular flexibility index (Phi) is 3.43. The van der Waals surface area contributed by atoms with Crippen LogP contribution < -0.4 is 5.32 Å². The van der Waals surface area contributed by atoms with Gasteiger partial charge in [0.25, 0.3) is 0 Å². The first-order valence-electron chi connectivity index (χ1n) is 7.63. The van der Waals surface area contributed by atoms with Crippen LogP contribution in [0.2, 0.25) is 10.0 Å². The van der Waals surface area contributed by atoms with E-state index in [2.05, 4.69) is 42.6 Å². The fraction of sp³-hybridized carbons (Fsp3) is 0.263. The molecule has 1 aliphatic heterocycles. The van der Waals surface area contributed by atoms with E-state index < -0.39 is 0 Å². The van der Waals surface area contributed by atoms with Crippen molar-refractivity contribution in [1.82, 2.24) is 0 Å². The van der Waals surface area contributed by atoms with Gasteiger partial charge in [0.1, 0.15) is 0 Å². The van der Waals surface area contributed by atoms with E-state index in [0.717, 1.165) is 22.0 Å². The zero-order chi connectivity index (χ0) is 15.3. The van der Waals surface area contributed by atoms with Gasteiger partial charge in [-0.15, -0.1) is 0 Å². The van der Waals surface area contributed by atoms with Crippen LogP contribution in [0.25, 0.3) is 0 Å². The number of halogens is 2. The monoisotopic (exact) mass is 329 g/mol. The van der Waals surface area contributed by atoms with Gasteiger partial charge in [-0.3, -0.25) is 0 Å². The van der Waals surface area contributed by atoms with Crippen molar-refractivity contribution in [3.8, 4) is 0 Å². The molecule has 1 N–H and O–H groups in total. The first-order chi connectivity index (χ1) is 10.6. The van der Waals surface area contributed by atoms with Gasteiger partial charge in [-0.1, -0.05) is 59.1 Å². The molecule has 1 aliphatic carbocycles. The molecule has 2 aromatic rings. The minimum absolute atomic E-state index is 0.149. The van der Waals surface area contributed by atoms with Gasteiger partial charge in [0.2, 0.25) is 0 Å². The Morgan fingerprint density at radius 2 is 1.86 bits per heavy atom. The third kappa shape index (κ3) is 2.15. The Morgan fingerprint density at radius 1 is 1.09 bits per heavy atom. The molecule has 3 heteroatoms. The van der Waals surface area contributed by atoms with Crippen molar-refractivity contribution in [1.29, 1.82) is 0 Å². The molecule has 0 radical (unpaired) electrons. The first kappa shape index (κ1) is 14.2. The van der Waals surface area contributed by atoms with Crippen LogP contribution >= 0.6 is 23.2 Å². The van der Waals surface area contributed by atoms with Crippen LogP contribution in [-0.2, 0) is 0 Å². The number of benzene rings is 2. The molecular weight excluding hydrogens is 313 g/mol. The lowest BCUT2D eigenvalue weighted by atomic mass is 9.76. The van der Waals surface area contributed by atoms with Crippen molar-refractivity contribution in [3.63, 3.8) is 0 Å². The molecule has 0 saturated carbocycles. The van der Waals surface area contributed by atoms with Gasteiger partial charge in [-0.05, 0) is 43.0 Å². The lowest BCUT2D eigenvalue weighted by molar-refractivity contribution is 0.425. The Bertz CT molecular complexity index is 746. The van der Waals surface area contributed by atoms with E-state index >= 15 is 0 Å². The highest BCUT2D eigenvalue weighted by Crippen LogP contribution is 2.51. The molecule has 0 aromatic heterocycles. The van der Waals surface area contributed by atoms with Crippen LogP contribution in [0.15, 0.2) is 48.6 Å². The van der Waals surface area contributed by atoms with Crippen molar-refractivity contribution < 1.29 is 0 Å². The van der Waals surface area contributed by atoms with Crippen LogP contribution in [0.3, 0.4) is 0 Å². The molecule has 3 atom stereocenters. The predicted molar refractivity (Wildman–Crippen MR) is 94.0 cm³/mol. The summed E-state index contributed by atoms with van der Waals surface area (Å²) in [5.41, 5.74) is 4.90. The molecule has 0 unspecified atom stereocenters. The van der Waals surface area contributed by atoms with Crippen LogP contribution in [-0.4, -0.2) is 0 Å². The second-order valence-electron chi connectivity index (χ2n) is 6.20. The van der Waals surface area contributed by atoms with Crippen molar-refractivity contribution in [2.75, 3.05) is 5.32 Å². The van der Waals surface area contributed by atoms with Crippen LogP contribution in [0.1, 0.15) is 35.1 Å². The van der Waals surface area contributed by atoms with Crippen molar-refractivity contribution in [3.05, 3.63) is 75.3 Å². The average molecular weight is 330 g/mol. The smallest absolute Gasteiger partial charge is 0.0583 e. The van der Waals surface area contributed by atoms with E-state index in [1.807, 2.05) is 18.2 Å². The summed E-state index contributed by atoms with van der Waals surface area (Å²) >= 11 is 12.9. The molecular formula is C19H17Cl2N. The number of fused-ring (bicyclic) bond motifs is 3. The number of hydrogen-bond acceptors (Lipinski definition) is 1. The normalized spacial score (nSPS) is 25.5. The first-order valence-corrected chi connectivity index (χ1v) is 8.38. The van der Waals surface area contributed by atoms with Crippen LogP contribution in [0, 0.1) is 12.8 Å². The molecule has 1 nitrogen and oxygen atoms in total. The van der Waals surface area contributed by atoms with E-state index in [-0.39, 0.29) is 6.04 Å². The van der Waals surface area contributed by atoms with E-state index in [1.54, 1.807) is 0 Å². The average Bonchev–Trinajstić information content (AvgIpc) is 2.97. The lowest BCUT2D eigenvalue weighted by Crippen LogP contribution is -2.29. The highest BCUT2D eigenvalue weighted by Gasteiger charge is 2.39. The SMILES string of the molecule is Cc1ccc2c(c1)[C@@H]1C=CC[C@@H]1[C@H](c1c(Cl)cccc1Cl)N2. The Hall–Kier alpha value is -1.44. The zero-order valence-electron chi connectivity index (χ0n) is 12.3. The molecule has 0 fully saturated rings. The number of anilines is 1. The molecule has 2 aliphatic rings. The van der Waals surface area contributed by atoms with Gasteiger partial charge in [0, 0.05) is 27.2 Å². The van der Waals surface area contributed by atoms with E-state index in [9.17, 15) is 0 Å². The zero-order valence-corrected chi connectivity index (χ0v) is 13.8. The molecule has 22 heavy (non-hydrogen) atoms. The third-order valence-electron chi connectivity index (χ3n) is 4.83. The van der Waals surface area contributed by atoms with Gasteiger partial charge >= 0.3 is 0 Å². The third-order valence-corrected chi connectivity index (χ3v) is 5.49. The van der Waals surface area contributed by atoms with Gasteiger partial charge in [0.15, 0.2) is 0 Å². The summed E-state index contributed by atoms with van der Waals surface area (Å²) in [5.74, 6) is 0.903. The van der Waals surface area contributed by atoms with Gasteiger partial charge in [0.05, 0.1) is 6.04 Å². The minimum Gasteiger partial charge on any atom is -0.378 e. The Labute approximate surface area is 140 Å². The van der Waals surface area contributed by atoms with E-state index in [4.69, 9.17) is 23.2 Å². The fourth-order valence-corrected chi connectivity index (χ4v) is 4.44. The quantitative estimate of drug-likeness (QED) is 0.620. The largest absolute Gasteiger partial charge is 0.378 e. The molecule has 0 spiro atoms. The molecule has 0 bridgehead atoms. The number of aryl methyl sites for hydroxylation is 1. The van der Waals surface area contributed by atoms with Crippen molar-refractivity contribution in [2.45, 2.75) is 25.3 Å². The summed E-state index contributed by atoms with van der Waals surface area (Å²) < 4.78 is 0. The molecule has 4 rings (SSSR count). The van der Waals surface area contributed by atoms with Gasteiger partial charge in [-0.25, -0.2) is 0 Å². The Morgan fingerprint density at radius 3 is 2.64 bits per heavy atom. The second-order valence-corrected chi connectivity index (χ2v) is 7.02. The van der Waals surface area contributed by atoms with Crippen molar-refractivity contribution >= 4 is 28.9 Å². The van der Waals surface area contributed by atoms with Crippen LogP contribution in [0.4, 0.5) is 5.69 Å². The van der Waals surface area contributed by atoms with E-state index in [1.165, 1.54) is 16.8 Å². The summed E-state index contributed by atoms with van der Waals surface area (Å²) in [4.78, 5) is 0. The highest BCUT2D eigenvalue weighted by atomic mass is 35.5. The maximum Gasteiger partial charge on any atom is 0.0583 e. The molecule has 0 saturated heterocycles. The topological polar surface area (TPSA) is 12.0 Å². The van der Waals surface area contributed by atoms with Crippen molar-refractivity contribution in [2.24, 2.45) is 5.92 Å². The predicted octanol–water partition coefficient (Wildman–Crippen LogP) is 6.13. The summed E-state index contributed by atoms with van der Waals surface area (Å²) in [5, 5.41) is 5.17. The maximum absolute atomic E-state index is 6.46. The molecule has 0 amide bonds. The summed E-state index contributed by atoms with van der Waals surface area (Å²) in [6, 6.07) is 12.5.